The normalized spacial score (nSPS) is 37.2. The Morgan fingerprint density at radius 3 is 3.00 bits per heavy atom. The Hall–Kier alpha value is -0.410. The molecule has 3 rings (SSSR count). The van der Waals surface area contributed by atoms with Gasteiger partial charge in [0.1, 0.15) is 5.01 Å². The van der Waals surface area contributed by atoms with Crippen LogP contribution in [0, 0.1) is 12.8 Å². The Kier molecular flexibility index (Phi) is 1.70. The molecule has 3 atom stereocenters. The van der Waals surface area contributed by atoms with E-state index in [1.807, 2.05) is 11.3 Å². The fraction of sp³-hybridized carbons (Fsp3) is 0.700. The van der Waals surface area contributed by atoms with E-state index in [2.05, 4.69) is 22.6 Å². The van der Waals surface area contributed by atoms with Crippen molar-refractivity contribution in [3.63, 3.8) is 0 Å². The summed E-state index contributed by atoms with van der Waals surface area (Å²) in [4.78, 5) is 4.57. The molecule has 2 nitrogen and oxygen atoms in total. The van der Waals surface area contributed by atoms with Crippen molar-refractivity contribution in [2.24, 2.45) is 5.92 Å². The molecule has 0 spiro atoms. The first kappa shape index (κ1) is 7.94. The van der Waals surface area contributed by atoms with E-state index in [1.54, 1.807) is 0 Å². The third-order valence-corrected chi connectivity index (χ3v) is 4.31. The molecule has 1 N–H and O–H groups in total. The molecule has 1 aromatic heterocycles. The average molecular weight is 194 g/mol. The Balaban J connectivity index is 1.87. The second kappa shape index (κ2) is 2.79. The Morgan fingerprint density at radius 1 is 1.54 bits per heavy atom. The lowest BCUT2D eigenvalue weighted by atomic mass is 10.0. The molecular formula is C10H14N2S. The van der Waals surface area contributed by atoms with Gasteiger partial charge >= 0.3 is 0 Å². The van der Waals surface area contributed by atoms with Gasteiger partial charge in [0.2, 0.25) is 0 Å². The lowest BCUT2D eigenvalue weighted by molar-refractivity contribution is 0.390. The van der Waals surface area contributed by atoms with Gasteiger partial charge in [-0.2, -0.15) is 0 Å². The first-order chi connectivity index (χ1) is 6.33. The van der Waals surface area contributed by atoms with Crippen molar-refractivity contribution in [2.75, 3.05) is 0 Å². The Labute approximate surface area is 82.4 Å². The Bertz CT molecular complexity index is 320. The van der Waals surface area contributed by atoms with E-state index in [0.717, 1.165) is 12.0 Å². The monoisotopic (exact) mass is 194 g/mol. The standard InChI is InChI=1S/C10H14N2S/c1-6-5-13-10(11-6)9-7-2-3-8(4-7)12-9/h5,7-9,12H,2-4H2,1H3. The highest BCUT2D eigenvalue weighted by Gasteiger charge is 2.40. The molecule has 2 bridgehead atoms. The van der Waals surface area contributed by atoms with Crippen LogP contribution >= 0.6 is 11.3 Å². The molecule has 1 saturated heterocycles. The smallest absolute Gasteiger partial charge is 0.110 e. The summed E-state index contributed by atoms with van der Waals surface area (Å²) in [5.74, 6) is 0.871. The number of nitrogens with zero attached hydrogens (tertiary/aromatic N) is 1. The van der Waals surface area contributed by atoms with Crippen molar-refractivity contribution in [3.8, 4) is 0 Å². The third kappa shape index (κ3) is 1.22. The number of hydrogen-bond donors (Lipinski definition) is 1. The molecule has 1 aliphatic carbocycles. The minimum Gasteiger partial charge on any atom is -0.305 e. The molecule has 0 aromatic carbocycles. The number of nitrogens with one attached hydrogen (secondary N) is 1. The van der Waals surface area contributed by atoms with Crippen LogP contribution < -0.4 is 5.32 Å². The van der Waals surface area contributed by atoms with Gasteiger partial charge in [-0.05, 0) is 32.1 Å². The summed E-state index contributed by atoms with van der Waals surface area (Å²) in [6.45, 7) is 2.08. The number of thiazole rings is 1. The predicted molar refractivity (Wildman–Crippen MR) is 53.9 cm³/mol. The van der Waals surface area contributed by atoms with Crippen LogP contribution in [-0.4, -0.2) is 11.0 Å². The molecule has 2 aliphatic rings. The largest absolute Gasteiger partial charge is 0.305 e. The van der Waals surface area contributed by atoms with Gasteiger partial charge in [-0.15, -0.1) is 11.3 Å². The second-order valence-electron chi connectivity index (χ2n) is 4.24. The first-order valence-corrected chi connectivity index (χ1v) is 5.89. The summed E-state index contributed by atoms with van der Waals surface area (Å²) in [6.07, 6.45) is 4.16. The maximum absolute atomic E-state index is 4.57. The van der Waals surface area contributed by atoms with Gasteiger partial charge in [-0.3, -0.25) is 0 Å². The second-order valence-corrected chi connectivity index (χ2v) is 5.13. The molecule has 1 aliphatic heterocycles. The van der Waals surface area contributed by atoms with Crippen LogP contribution in [-0.2, 0) is 0 Å². The van der Waals surface area contributed by atoms with E-state index in [0.29, 0.717) is 6.04 Å². The van der Waals surface area contributed by atoms with Gasteiger partial charge in [-0.25, -0.2) is 4.98 Å². The van der Waals surface area contributed by atoms with Crippen molar-refractivity contribution in [2.45, 2.75) is 38.3 Å². The molecule has 3 unspecified atom stereocenters. The zero-order chi connectivity index (χ0) is 8.84. The lowest BCUT2D eigenvalue weighted by Gasteiger charge is -2.20. The summed E-state index contributed by atoms with van der Waals surface area (Å²) < 4.78 is 0. The number of aryl methyl sites for hydroxylation is 1. The summed E-state index contributed by atoms with van der Waals surface area (Å²) in [7, 11) is 0. The number of piperidine rings is 1. The summed E-state index contributed by atoms with van der Waals surface area (Å²) in [6, 6.07) is 1.37. The fourth-order valence-electron chi connectivity index (χ4n) is 2.65. The van der Waals surface area contributed by atoms with Crippen LogP contribution in [0.25, 0.3) is 0 Å². The van der Waals surface area contributed by atoms with E-state index < -0.39 is 0 Å². The van der Waals surface area contributed by atoms with Gasteiger partial charge in [0.15, 0.2) is 0 Å². The van der Waals surface area contributed by atoms with E-state index >= 15 is 0 Å². The van der Waals surface area contributed by atoms with E-state index in [1.165, 1.54) is 30.0 Å². The van der Waals surface area contributed by atoms with Crippen molar-refractivity contribution >= 4 is 11.3 Å². The fourth-order valence-corrected chi connectivity index (χ4v) is 3.60. The molecule has 2 fully saturated rings. The van der Waals surface area contributed by atoms with Gasteiger partial charge in [0.25, 0.3) is 0 Å². The number of fused-ring (bicyclic) bond motifs is 2. The van der Waals surface area contributed by atoms with Crippen molar-refractivity contribution in [3.05, 3.63) is 16.1 Å². The van der Waals surface area contributed by atoms with Gasteiger partial charge in [-0.1, -0.05) is 0 Å². The van der Waals surface area contributed by atoms with Crippen LogP contribution in [0.5, 0.6) is 0 Å². The molecular weight excluding hydrogens is 180 g/mol. The highest BCUT2D eigenvalue weighted by molar-refractivity contribution is 7.09. The lowest BCUT2D eigenvalue weighted by Crippen LogP contribution is -2.28. The minimum absolute atomic E-state index is 0.581. The SMILES string of the molecule is Cc1csc(C2NC3CCC2C3)n1. The topological polar surface area (TPSA) is 24.9 Å². The zero-order valence-electron chi connectivity index (χ0n) is 7.79. The zero-order valence-corrected chi connectivity index (χ0v) is 8.60. The molecule has 70 valence electrons. The van der Waals surface area contributed by atoms with E-state index in [-0.39, 0.29) is 0 Å². The maximum atomic E-state index is 4.57. The van der Waals surface area contributed by atoms with Crippen LogP contribution in [0.2, 0.25) is 0 Å². The first-order valence-electron chi connectivity index (χ1n) is 5.01. The number of rotatable bonds is 1. The van der Waals surface area contributed by atoms with Crippen molar-refractivity contribution in [1.82, 2.24) is 10.3 Å². The van der Waals surface area contributed by atoms with Crippen molar-refractivity contribution < 1.29 is 0 Å². The molecule has 2 heterocycles. The predicted octanol–water partition coefficient (Wildman–Crippen LogP) is 2.26. The van der Waals surface area contributed by atoms with Gasteiger partial charge < -0.3 is 5.32 Å². The Morgan fingerprint density at radius 2 is 2.46 bits per heavy atom. The molecule has 1 aromatic rings. The quantitative estimate of drug-likeness (QED) is 0.741. The summed E-state index contributed by atoms with van der Waals surface area (Å²) >= 11 is 1.81. The highest BCUT2D eigenvalue weighted by Crippen LogP contribution is 2.43. The van der Waals surface area contributed by atoms with E-state index in [9.17, 15) is 0 Å². The minimum atomic E-state index is 0.581. The number of hydrogen-bond acceptors (Lipinski definition) is 3. The van der Waals surface area contributed by atoms with Crippen molar-refractivity contribution in [1.29, 1.82) is 0 Å². The highest BCUT2D eigenvalue weighted by atomic mass is 32.1. The summed E-state index contributed by atoms with van der Waals surface area (Å²) in [5, 5.41) is 7.13. The summed E-state index contributed by atoms with van der Waals surface area (Å²) in [5.41, 5.74) is 1.17. The molecule has 0 radical (unpaired) electrons. The molecule has 3 heteroatoms. The van der Waals surface area contributed by atoms with E-state index in [4.69, 9.17) is 0 Å². The van der Waals surface area contributed by atoms with Crippen LogP contribution in [0.4, 0.5) is 0 Å². The van der Waals surface area contributed by atoms with Crippen LogP contribution in [0.3, 0.4) is 0 Å². The van der Waals surface area contributed by atoms with Crippen LogP contribution in [0.15, 0.2) is 5.38 Å². The molecule has 1 saturated carbocycles. The van der Waals surface area contributed by atoms with Crippen LogP contribution in [0.1, 0.15) is 36.0 Å². The number of aromatic nitrogens is 1. The average Bonchev–Trinajstić information content (AvgIpc) is 2.77. The molecule has 13 heavy (non-hydrogen) atoms. The van der Waals surface area contributed by atoms with Gasteiger partial charge in [0, 0.05) is 17.1 Å². The third-order valence-electron chi connectivity index (χ3n) is 3.26. The maximum Gasteiger partial charge on any atom is 0.110 e. The molecule has 0 amide bonds. The van der Waals surface area contributed by atoms with Gasteiger partial charge in [0.05, 0.1) is 6.04 Å².